The van der Waals surface area contributed by atoms with Crippen LogP contribution in [0.2, 0.25) is 0 Å². The molecule has 2 aromatic rings. The van der Waals surface area contributed by atoms with Crippen molar-refractivity contribution in [2.24, 2.45) is 5.92 Å². The summed E-state index contributed by atoms with van der Waals surface area (Å²) in [5.74, 6) is 0.515. The third kappa shape index (κ3) is 3.88. The van der Waals surface area contributed by atoms with Crippen LogP contribution >= 0.6 is 0 Å². The molecule has 3 rings (SSSR count). The zero-order valence-corrected chi connectivity index (χ0v) is 17.0. The molecule has 5 heteroatoms. The number of likely N-dealkylation sites (tertiary alicyclic amines) is 1. The highest BCUT2D eigenvalue weighted by Crippen LogP contribution is 2.36. The summed E-state index contributed by atoms with van der Waals surface area (Å²) >= 11 is 0. The van der Waals surface area contributed by atoms with Gasteiger partial charge in [-0.3, -0.25) is 9.59 Å². The molecular weight excluding hydrogens is 352 g/mol. The van der Waals surface area contributed by atoms with E-state index in [0.717, 1.165) is 16.9 Å². The molecule has 1 heterocycles. The summed E-state index contributed by atoms with van der Waals surface area (Å²) in [6.45, 7) is 5.50. The van der Waals surface area contributed by atoms with Crippen molar-refractivity contribution in [3.05, 3.63) is 65.2 Å². The van der Waals surface area contributed by atoms with Crippen LogP contribution in [0.25, 0.3) is 0 Å². The normalized spacial score (nSPS) is 18.8. The predicted molar refractivity (Wildman–Crippen MR) is 110 cm³/mol. The Bertz CT molecular complexity index is 864. The van der Waals surface area contributed by atoms with E-state index in [9.17, 15) is 9.59 Å². The summed E-state index contributed by atoms with van der Waals surface area (Å²) in [6, 6.07) is 15.4. The van der Waals surface area contributed by atoms with Gasteiger partial charge in [-0.1, -0.05) is 30.3 Å². The van der Waals surface area contributed by atoms with E-state index in [1.165, 1.54) is 0 Å². The molecule has 2 amide bonds. The molecule has 1 saturated heterocycles. The first-order valence-corrected chi connectivity index (χ1v) is 9.70. The topological polar surface area (TPSA) is 49.9 Å². The van der Waals surface area contributed by atoms with E-state index in [4.69, 9.17) is 4.74 Å². The SMILES string of the molecule is CCN(C)C(=O)C1CN(C(=O)c2ccccc2C)CC1c1cccc(OC)c1. The zero-order valence-electron chi connectivity index (χ0n) is 17.0. The Morgan fingerprint density at radius 2 is 1.89 bits per heavy atom. The second kappa shape index (κ2) is 8.46. The summed E-state index contributed by atoms with van der Waals surface area (Å²) in [4.78, 5) is 29.7. The maximum atomic E-state index is 13.2. The lowest BCUT2D eigenvalue weighted by Crippen LogP contribution is -2.37. The van der Waals surface area contributed by atoms with Gasteiger partial charge < -0.3 is 14.5 Å². The summed E-state index contributed by atoms with van der Waals surface area (Å²) in [6.07, 6.45) is 0. The number of amides is 2. The van der Waals surface area contributed by atoms with Gasteiger partial charge in [0.05, 0.1) is 13.0 Å². The number of hydrogen-bond acceptors (Lipinski definition) is 3. The number of carbonyl (C=O) groups excluding carboxylic acids is 2. The fourth-order valence-electron chi connectivity index (χ4n) is 3.85. The molecule has 2 atom stereocenters. The van der Waals surface area contributed by atoms with Crippen LogP contribution in [0.1, 0.15) is 34.3 Å². The van der Waals surface area contributed by atoms with Crippen molar-refractivity contribution in [1.82, 2.24) is 9.80 Å². The molecule has 2 aromatic carbocycles. The minimum absolute atomic E-state index is 0.0135. The monoisotopic (exact) mass is 380 g/mol. The van der Waals surface area contributed by atoms with Crippen LogP contribution in [0, 0.1) is 12.8 Å². The third-order valence-corrected chi connectivity index (χ3v) is 5.67. The van der Waals surface area contributed by atoms with Crippen LogP contribution in [0.3, 0.4) is 0 Å². The molecule has 0 spiro atoms. The van der Waals surface area contributed by atoms with Gasteiger partial charge in [-0.15, -0.1) is 0 Å². The molecule has 2 unspecified atom stereocenters. The second-order valence-corrected chi connectivity index (χ2v) is 7.37. The van der Waals surface area contributed by atoms with E-state index < -0.39 is 0 Å². The Balaban J connectivity index is 1.93. The molecule has 0 saturated carbocycles. The fraction of sp³-hybridized carbons (Fsp3) is 0.391. The van der Waals surface area contributed by atoms with E-state index in [1.54, 1.807) is 12.0 Å². The molecule has 0 N–H and O–H groups in total. The maximum absolute atomic E-state index is 13.2. The first-order valence-electron chi connectivity index (χ1n) is 9.70. The van der Waals surface area contributed by atoms with Crippen LogP contribution in [-0.4, -0.2) is 55.4 Å². The molecule has 5 nitrogen and oxygen atoms in total. The number of methoxy groups -OCH3 is 1. The van der Waals surface area contributed by atoms with Crippen molar-refractivity contribution >= 4 is 11.8 Å². The fourth-order valence-corrected chi connectivity index (χ4v) is 3.85. The Morgan fingerprint density at radius 1 is 1.14 bits per heavy atom. The van der Waals surface area contributed by atoms with Crippen molar-refractivity contribution < 1.29 is 14.3 Å². The van der Waals surface area contributed by atoms with Gasteiger partial charge in [-0.05, 0) is 43.2 Å². The van der Waals surface area contributed by atoms with Gasteiger partial charge >= 0.3 is 0 Å². The highest BCUT2D eigenvalue weighted by molar-refractivity contribution is 5.96. The van der Waals surface area contributed by atoms with Gasteiger partial charge in [0.1, 0.15) is 5.75 Å². The summed E-state index contributed by atoms with van der Waals surface area (Å²) in [5, 5.41) is 0. The second-order valence-electron chi connectivity index (χ2n) is 7.37. The van der Waals surface area contributed by atoms with Crippen molar-refractivity contribution in [3.63, 3.8) is 0 Å². The van der Waals surface area contributed by atoms with Gasteiger partial charge in [-0.25, -0.2) is 0 Å². The third-order valence-electron chi connectivity index (χ3n) is 5.67. The van der Waals surface area contributed by atoms with Gasteiger partial charge in [0, 0.05) is 38.2 Å². The van der Waals surface area contributed by atoms with Crippen LogP contribution < -0.4 is 4.74 Å². The molecule has 1 fully saturated rings. The molecule has 0 aromatic heterocycles. The van der Waals surface area contributed by atoms with Crippen LogP contribution in [0.4, 0.5) is 0 Å². The quantitative estimate of drug-likeness (QED) is 0.799. The molecule has 1 aliphatic rings. The van der Waals surface area contributed by atoms with Crippen molar-refractivity contribution in [3.8, 4) is 5.75 Å². The lowest BCUT2D eigenvalue weighted by molar-refractivity contribution is -0.133. The maximum Gasteiger partial charge on any atom is 0.254 e. The summed E-state index contributed by atoms with van der Waals surface area (Å²) in [5.41, 5.74) is 2.68. The number of benzene rings is 2. The average Bonchev–Trinajstić information content (AvgIpc) is 3.18. The molecule has 0 aliphatic carbocycles. The largest absolute Gasteiger partial charge is 0.497 e. The molecule has 0 bridgehead atoms. The minimum atomic E-state index is -0.259. The van der Waals surface area contributed by atoms with E-state index in [2.05, 4.69) is 0 Å². The van der Waals surface area contributed by atoms with E-state index in [1.807, 2.05) is 74.3 Å². The number of rotatable bonds is 5. The number of nitrogens with zero attached hydrogens (tertiary/aromatic N) is 2. The standard InChI is InChI=1S/C23H28N2O3/c1-5-24(3)22(26)21-15-25(23(27)19-12-7-6-9-16(19)2)14-20(21)17-10-8-11-18(13-17)28-4/h6-13,20-21H,5,14-15H2,1-4H3. The molecule has 148 valence electrons. The van der Waals surface area contributed by atoms with Crippen LogP contribution in [0.5, 0.6) is 5.75 Å². The van der Waals surface area contributed by atoms with Crippen molar-refractivity contribution in [1.29, 1.82) is 0 Å². The first-order chi connectivity index (χ1) is 13.5. The Hall–Kier alpha value is -2.82. The lowest BCUT2D eigenvalue weighted by Gasteiger charge is -2.23. The first kappa shape index (κ1) is 19.9. The van der Waals surface area contributed by atoms with Gasteiger partial charge in [0.15, 0.2) is 0 Å². The molecule has 1 aliphatic heterocycles. The number of hydrogen-bond donors (Lipinski definition) is 0. The van der Waals surface area contributed by atoms with E-state index in [0.29, 0.717) is 25.2 Å². The summed E-state index contributed by atoms with van der Waals surface area (Å²) < 4.78 is 5.36. The van der Waals surface area contributed by atoms with Crippen molar-refractivity contribution in [2.45, 2.75) is 19.8 Å². The number of ether oxygens (including phenoxy) is 1. The Kier molecular flexibility index (Phi) is 6.02. The highest BCUT2D eigenvalue weighted by atomic mass is 16.5. The summed E-state index contributed by atoms with van der Waals surface area (Å²) in [7, 11) is 3.45. The zero-order chi connectivity index (χ0) is 20.3. The Morgan fingerprint density at radius 3 is 2.57 bits per heavy atom. The minimum Gasteiger partial charge on any atom is -0.497 e. The van der Waals surface area contributed by atoms with Crippen LogP contribution in [-0.2, 0) is 4.79 Å². The predicted octanol–water partition coefficient (Wildman–Crippen LogP) is 3.34. The average molecular weight is 380 g/mol. The highest BCUT2D eigenvalue weighted by Gasteiger charge is 2.41. The lowest BCUT2D eigenvalue weighted by atomic mass is 9.88. The molecule has 0 radical (unpaired) electrons. The van der Waals surface area contributed by atoms with Gasteiger partial charge in [0.2, 0.25) is 5.91 Å². The van der Waals surface area contributed by atoms with Crippen LogP contribution in [0.15, 0.2) is 48.5 Å². The number of aryl methyl sites for hydroxylation is 1. The van der Waals surface area contributed by atoms with E-state index >= 15 is 0 Å². The van der Waals surface area contributed by atoms with Crippen molar-refractivity contribution in [2.75, 3.05) is 33.8 Å². The van der Waals surface area contributed by atoms with E-state index in [-0.39, 0.29) is 23.7 Å². The number of carbonyl (C=O) groups is 2. The van der Waals surface area contributed by atoms with Gasteiger partial charge in [0.25, 0.3) is 5.91 Å². The smallest absolute Gasteiger partial charge is 0.254 e. The molecular formula is C23H28N2O3. The Labute approximate surface area is 166 Å². The molecule has 28 heavy (non-hydrogen) atoms. The van der Waals surface area contributed by atoms with Gasteiger partial charge in [-0.2, -0.15) is 0 Å².